The Morgan fingerprint density at radius 1 is 0.767 bits per heavy atom. The van der Waals surface area contributed by atoms with Crippen molar-refractivity contribution in [1.29, 1.82) is 0 Å². The molecule has 7 amide bonds. The number of carbonyl (C=O) groups excluding carboxylic acids is 6. The predicted octanol–water partition coefficient (Wildman–Crippen LogP) is 3.10. The van der Waals surface area contributed by atoms with Crippen LogP contribution >= 0.6 is 0 Å². The molecule has 0 spiro atoms. The van der Waals surface area contributed by atoms with Crippen molar-refractivity contribution in [2.75, 3.05) is 101 Å². The Morgan fingerprint density at radius 3 is 1.99 bits per heavy atom. The Morgan fingerprint density at radius 2 is 1.41 bits per heavy atom. The third kappa shape index (κ3) is 20.7. The molecule has 19 nitrogen and oxygen atoms in total. The number of benzene rings is 1. The Kier molecular flexibility index (Phi) is 28.3. The molecular weight excluding hydrogens is 935 g/mol. The molecule has 1 saturated carbocycles. The van der Waals surface area contributed by atoms with E-state index < -0.39 is 41.8 Å². The third-order valence-electron chi connectivity index (χ3n) is 14.8. The van der Waals surface area contributed by atoms with Gasteiger partial charge < -0.3 is 61.1 Å². The standard InChI is InChI=1S/C54H95N9O10/c1-13-38(6)48(63(10)52(68)46(36(2)3)61-51(67)47(37(4)5)62(8)9)44(70-11)33-45(64)56-23-17-20-42-34-54(42,71-12)39(7)49(65)60-43(32-40-18-15-14-16-19-40)50(66)57-26-28-72-30-31-73-29-27-58-53(69)59-35-41-21-24-55-25-22-41/h14-16,18-19,36-39,41-44,46-48,55H,13,17,20-35H2,1-12H3,(H,56,64)(H,57,66)(H,60,65)(H,61,67)(H2,58,59,69)/t38-,39-,42+,43-,44+,46-,47-,48-,54+/m0/s1. The molecule has 416 valence electrons. The highest BCUT2D eigenvalue weighted by molar-refractivity contribution is 5.91. The van der Waals surface area contributed by atoms with E-state index in [0.29, 0.717) is 71.1 Å². The molecule has 0 aromatic heterocycles. The second-order valence-corrected chi connectivity index (χ2v) is 21.1. The maximum absolute atomic E-state index is 14.2. The highest BCUT2D eigenvalue weighted by atomic mass is 16.5. The maximum atomic E-state index is 14.2. The molecule has 1 aromatic rings. The van der Waals surface area contributed by atoms with Gasteiger partial charge in [-0.15, -0.1) is 0 Å². The SMILES string of the molecule is CC[C@H](C)[C@@H]([C@@H](CC(=O)NCCC[C@@H]1C[C@@]1(OC)[C@@H](C)C(=O)N[C@@H](Cc1ccccc1)C(=O)NCCOCCOCCNC(=O)NCC1CCNCC1)OC)N(C)C(=O)[C@@H](NC(=O)[C@H](C(C)C)N(C)C)C(C)C. The van der Waals surface area contributed by atoms with Gasteiger partial charge in [0, 0.05) is 53.9 Å². The van der Waals surface area contributed by atoms with Gasteiger partial charge in [-0.1, -0.05) is 85.2 Å². The molecule has 19 heteroatoms. The number of nitrogens with zero attached hydrogens (tertiary/aromatic N) is 2. The van der Waals surface area contributed by atoms with E-state index in [4.69, 9.17) is 18.9 Å². The van der Waals surface area contributed by atoms with Gasteiger partial charge in [-0.25, -0.2) is 4.79 Å². The van der Waals surface area contributed by atoms with Crippen molar-refractivity contribution in [3.8, 4) is 0 Å². The molecule has 0 unspecified atom stereocenters. The lowest BCUT2D eigenvalue weighted by Crippen LogP contribution is -2.59. The minimum Gasteiger partial charge on any atom is -0.379 e. The number of hydrogen-bond donors (Lipinski definition) is 7. The van der Waals surface area contributed by atoms with Crippen LogP contribution in [0.4, 0.5) is 4.79 Å². The van der Waals surface area contributed by atoms with Crippen LogP contribution in [-0.4, -0.2) is 182 Å². The molecular formula is C54H95N9O10. The van der Waals surface area contributed by atoms with Crippen LogP contribution in [0, 0.1) is 35.5 Å². The summed E-state index contributed by atoms with van der Waals surface area (Å²) in [6.07, 6.45) is 4.66. The number of amides is 7. The van der Waals surface area contributed by atoms with E-state index in [9.17, 15) is 28.8 Å². The third-order valence-corrected chi connectivity index (χ3v) is 14.8. The second kappa shape index (κ2) is 32.8. The lowest BCUT2D eigenvalue weighted by molar-refractivity contribution is -0.144. The minimum atomic E-state index is -0.830. The van der Waals surface area contributed by atoms with E-state index in [0.717, 1.165) is 37.9 Å². The summed E-state index contributed by atoms with van der Waals surface area (Å²) in [6.45, 7) is 18.6. The van der Waals surface area contributed by atoms with Crippen LogP contribution in [0.5, 0.6) is 0 Å². The molecule has 2 aliphatic rings. The number of likely N-dealkylation sites (N-methyl/N-ethyl adjacent to an activating group) is 2. The molecule has 1 aliphatic carbocycles. The fraction of sp³-hybridized carbons (Fsp3) is 0.778. The average molecular weight is 1030 g/mol. The van der Waals surface area contributed by atoms with Crippen molar-refractivity contribution in [2.24, 2.45) is 35.5 Å². The zero-order valence-corrected chi connectivity index (χ0v) is 46.4. The van der Waals surface area contributed by atoms with Gasteiger partial charge in [-0.05, 0) is 94.4 Å². The number of methoxy groups -OCH3 is 2. The second-order valence-electron chi connectivity index (χ2n) is 21.1. The zero-order valence-electron chi connectivity index (χ0n) is 46.4. The van der Waals surface area contributed by atoms with Gasteiger partial charge in [0.2, 0.25) is 29.5 Å². The quantitative estimate of drug-likeness (QED) is 0.0487. The minimum absolute atomic E-state index is 0.00718. The zero-order chi connectivity index (χ0) is 54.1. The van der Waals surface area contributed by atoms with Crippen molar-refractivity contribution < 1.29 is 47.7 Å². The maximum Gasteiger partial charge on any atom is 0.314 e. The summed E-state index contributed by atoms with van der Waals surface area (Å²) in [5, 5.41) is 21.0. The molecule has 73 heavy (non-hydrogen) atoms. The van der Waals surface area contributed by atoms with E-state index in [-0.39, 0.29) is 78.8 Å². The highest BCUT2D eigenvalue weighted by Crippen LogP contribution is 2.54. The summed E-state index contributed by atoms with van der Waals surface area (Å²) in [4.78, 5) is 84.1. The molecule has 2 fully saturated rings. The van der Waals surface area contributed by atoms with E-state index >= 15 is 0 Å². The van der Waals surface area contributed by atoms with Crippen LogP contribution in [0.3, 0.4) is 0 Å². The number of hydrogen-bond acceptors (Lipinski definition) is 12. The molecule has 9 atom stereocenters. The van der Waals surface area contributed by atoms with E-state index in [1.54, 1.807) is 26.2 Å². The molecule has 0 bridgehead atoms. The van der Waals surface area contributed by atoms with Crippen LogP contribution in [0.15, 0.2) is 30.3 Å². The lowest BCUT2D eigenvalue weighted by Gasteiger charge is -2.40. The van der Waals surface area contributed by atoms with Crippen molar-refractivity contribution in [2.45, 2.75) is 136 Å². The molecule has 7 N–H and O–H groups in total. The molecule has 0 radical (unpaired) electrons. The van der Waals surface area contributed by atoms with Crippen LogP contribution in [-0.2, 0) is 49.3 Å². The van der Waals surface area contributed by atoms with Gasteiger partial charge >= 0.3 is 6.03 Å². The summed E-state index contributed by atoms with van der Waals surface area (Å²) in [6, 6.07) is 6.92. The fourth-order valence-electron chi connectivity index (χ4n) is 10.2. The summed E-state index contributed by atoms with van der Waals surface area (Å²) in [5.74, 6) is -1.34. The van der Waals surface area contributed by atoms with E-state index in [1.807, 2.05) is 97.8 Å². The van der Waals surface area contributed by atoms with Crippen LogP contribution in [0.25, 0.3) is 0 Å². The topological polar surface area (TPSA) is 230 Å². The van der Waals surface area contributed by atoms with Gasteiger partial charge in [0.05, 0.1) is 62.6 Å². The molecule has 1 aliphatic heterocycles. The van der Waals surface area contributed by atoms with Gasteiger partial charge in [-0.3, -0.25) is 28.9 Å². The number of rotatable bonds is 35. The Bertz CT molecular complexity index is 1810. The van der Waals surface area contributed by atoms with Gasteiger partial charge in [0.15, 0.2) is 0 Å². The molecule has 1 heterocycles. The van der Waals surface area contributed by atoms with Crippen molar-refractivity contribution in [1.82, 2.24) is 47.0 Å². The Balaban J connectivity index is 1.46. The van der Waals surface area contributed by atoms with Gasteiger partial charge in [-0.2, -0.15) is 0 Å². The Hall–Kier alpha value is -4.40. The first kappa shape index (κ1) is 62.9. The molecule has 1 aromatic carbocycles. The summed E-state index contributed by atoms with van der Waals surface area (Å²) in [5.41, 5.74) is 0.198. The first-order valence-corrected chi connectivity index (χ1v) is 26.9. The van der Waals surface area contributed by atoms with Crippen molar-refractivity contribution >= 4 is 35.6 Å². The fourth-order valence-corrected chi connectivity index (χ4v) is 10.2. The average Bonchev–Trinajstić information content (AvgIpc) is 4.09. The van der Waals surface area contributed by atoms with Gasteiger partial charge in [0.25, 0.3) is 0 Å². The number of nitrogens with one attached hydrogen (secondary N) is 7. The first-order valence-electron chi connectivity index (χ1n) is 26.9. The predicted molar refractivity (Wildman–Crippen MR) is 283 cm³/mol. The normalized spacial score (nSPS) is 19.7. The largest absolute Gasteiger partial charge is 0.379 e. The van der Waals surface area contributed by atoms with Crippen molar-refractivity contribution in [3.05, 3.63) is 35.9 Å². The number of carbonyl (C=O) groups is 6. The van der Waals surface area contributed by atoms with Gasteiger partial charge in [0.1, 0.15) is 12.1 Å². The monoisotopic (exact) mass is 1030 g/mol. The summed E-state index contributed by atoms with van der Waals surface area (Å²) >= 11 is 0. The van der Waals surface area contributed by atoms with Crippen LogP contribution in [0.2, 0.25) is 0 Å². The number of ether oxygens (including phenoxy) is 4. The van der Waals surface area contributed by atoms with Crippen LogP contribution in [0.1, 0.15) is 99.0 Å². The molecule has 1 saturated heterocycles. The number of urea groups is 1. The van der Waals surface area contributed by atoms with E-state index in [2.05, 4.69) is 37.2 Å². The van der Waals surface area contributed by atoms with Crippen LogP contribution < -0.4 is 37.2 Å². The van der Waals surface area contributed by atoms with E-state index in [1.165, 1.54) is 0 Å². The Labute approximate surface area is 437 Å². The highest BCUT2D eigenvalue weighted by Gasteiger charge is 2.60. The molecule has 3 rings (SSSR count). The smallest absolute Gasteiger partial charge is 0.314 e. The number of piperidine rings is 1. The van der Waals surface area contributed by atoms with Crippen molar-refractivity contribution in [3.63, 3.8) is 0 Å². The summed E-state index contributed by atoms with van der Waals surface area (Å²) < 4.78 is 23.2. The lowest BCUT2D eigenvalue weighted by atomic mass is 9.89. The summed E-state index contributed by atoms with van der Waals surface area (Å²) in [7, 11) is 8.61. The first-order chi connectivity index (χ1) is 34.8.